The molecule has 0 aromatic heterocycles. The molecule has 42 valence electrons. The van der Waals surface area contributed by atoms with E-state index < -0.39 is 0 Å². The van der Waals surface area contributed by atoms with Crippen LogP contribution in [0.2, 0.25) is 0 Å². The van der Waals surface area contributed by atoms with Gasteiger partial charge in [-0.2, -0.15) is 0 Å². The minimum atomic E-state index is 1.05. The lowest BCUT2D eigenvalue weighted by Crippen LogP contribution is -1.81. The molecule has 0 aromatic rings. The maximum absolute atomic E-state index is 2.36. The van der Waals surface area contributed by atoms with Gasteiger partial charge in [-0.3, -0.25) is 0 Å². The molecular formula is C6H13P. The second-order valence-corrected chi connectivity index (χ2v) is 4.85. The third-order valence-electron chi connectivity index (χ3n) is 1.60. The molecule has 0 aliphatic carbocycles. The summed E-state index contributed by atoms with van der Waals surface area (Å²) in [6.45, 7) is 4.73. The van der Waals surface area contributed by atoms with Crippen LogP contribution >= 0.6 is 8.58 Å². The molecular weight excluding hydrogens is 103 g/mol. The average molecular weight is 116 g/mol. The quantitative estimate of drug-likeness (QED) is 0.426. The molecule has 1 saturated heterocycles. The molecule has 1 aliphatic rings. The molecule has 1 heterocycles. The number of rotatable bonds is 0. The van der Waals surface area contributed by atoms with Crippen molar-refractivity contribution in [1.29, 1.82) is 0 Å². The van der Waals surface area contributed by atoms with E-state index in [0.717, 1.165) is 11.3 Å². The second kappa shape index (κ2) is 2.13. The summed E-state index contributed by atoms with van der Waals surface area (Å²) in [6, 6.07) is 0. The molecule has 0 spiro atoms. The van der Waals surface area contributed by atoms with Crippen molar-refractivity contribution < 1.29 is 0 Å². The SMILES string of the molecule is C[C@@H]1CC[C@@H](C)P1. The molecule has 0 bridgehead atoms. The fourth-order valence-corrected chi connectivity index (χ4v) is 2.79. The summed E-state index contributed by atoms with van der Waals surface area (Å²) in [7, 11) is 1.26. The van der Waals surface area contributed by atoms with Gasteiger partial charge in [0, 0.05) is 0 Å². The van der Waals surface area contributed by atoms with Gasteiger partial charge < -0.3 is 0 Å². The summed E-state index contributed by atoms with van der Waals surface area (Å²) in [6.07, 6.45) is 2.97. The van der Waals surface area contributed by atoms with Gasteiger partial charge in [0.1, 0.15) is 0 Å². The van der Waals surface area contributed by atoms with E-state index in [2.05, 4.69) is 13.8 Å². The lowest BCUT2D eigenvalue weighted by Gasteiger charge is -1.97. The molecule has 0 unspecified atom stereocenters. The number of hydrogen-bond donors (Lipinski definition) is 0. The summed E-state index contributed by atoms with van der Waals surface area (Å²) in [5.74, 6) is 0. The maximum atomic E-state index is 2.36. The van der Waals surface area contributed by atoms with Crippen LogP contribution in [0.4, 0.5) is 0 Å². The molecule has 1 fully saturated rings. The predicted octanol–water partition coefficient (Wildman–Crippen LogP) is 2.24. The smallest absolute Gasteiger partial charge is 0.0262 e. The van der Waals surface area contributed by atoms with Crippen LogP contribution in [0.25, 0.3) is 0 Å². The fourth-order valence-electron chi connectivity index (χ4n) is 1.15. The van der Waals surface area contributed by atoms with Gasteiger partial charge in [-0.05, 0) is 24.2 Å². The Balaban J connectivity index is 2.26. The molecule has 1 heteroatoms. The van der Waals surface area contributed by atoms with Gasteiger partial charge in [0.2, 0.25) is 0 Å². The Bertz CT molecular complexity index is 53.2. The van der Waals surface area contributed by atoms with Crippen LogP contribution in [0.1, 0.15) is 26.7 Å². The van der Waals surface area contributed by atoms with Crippen LogP contribution in [-0.2, 0) is 0 Å². The highest BCUT2D eigenvalue weighted by Crippen LogP contribution is 2.38. The van der Waals surface area contributed by atoms with Gasteiger partial charge >= 0.3 is 0 Å². The highest BCUT2D eigenvalue weighted by Gasteiger charge is 2.15. The minimum absolute atomic E-state index is 1.05. The Morgan fingerprint density at radius 2 is 1.57 bits per heavy atom. The zero-order chi connectivity index (χ0) is 5.28. The summed E-state index contributed by atoms with van der Waals surface area (Å²) < 4.78 is 0. The van der Waals surface area contributed by atoms with Crippen molar-refractivity contribution in [2.75, 3.05) is 0 Å². The van der Waals surface area contributed by atoms with Gasteiger partial charge in [-0.25, -0.2) is 0 Å². The van der Waals surface area contributed by atoms with E-state index in [1.165, 1.54) is 21.4 Å². The highest BCUT2D eigenvalue weighted by molar-refractivity contribution is 7.40. The molecule has 7 heavy (non-hydrogen) atoms. The normalized spacial score (nSPS) is 42.0. The van der Waals surface area contributed by atoms with Crippen molar-refractivity contribution in [2.45, 2.75) is 38.0 Å². The van der Waals surface area contributed by atoms with Gasteiger partial charge in [0.25, 0.3) is 0 Å². The van der Waals surface area contributed by atoms with Crippen molar-refractivity contribution in [3.05, 3.63) is 0 Å². The topological polar surface area (TPSA) is 0 Å². The van der Waals surface area contributed by atoms with Crippen molar-refractivity contribution in [3.63, 3.8) is 0 Å². The van der Waals surface area contributed by atoms with Crippen LogP contribution in [0.15, 0.2) is 0 Å². The zero-order valence-corrected chi connectivity index (χ0v) is 6.07. The van der Waals surface area contributed by atoms with Crippen LogP contribution in [0.3, 0.4) is 0 Å². The fraction of sp³-hybridized carbons (Fsp3) is 1.00. The standard InChI is InChI=1S/C6H13P/c1-5-3-4-6(2)7-5/h5-7H,3-4H2,1-2H3/t5-,6-/m1/s1. The molecule has 0 aromatic carbocycles. The summed E-state index contributed by atoms with van der Waals surface area (Å²) in [5, 5.41) is 0. The summed E-state index contributed by atoms with van der Waals surface area (Å²) >= 11 is 0. The molecule has 0 saturated carbocycles. The van der Waals surface area contributed by atoms with E-state index in [1.54, 1.807) is 0 Å². The predicted molar refractivity (Wildman–Crippen MR) is 36.5 cm³/mol. The summed E-state index contributed by atoms with van der Waals surface area (Å²) in [4.78, 5) is 0. The van der Waals surface area contributed by atoms with E-state index in [9.17, 15) is 0 Å². The Kier molecular flexibility index (Phi) is 1.69. The van der Waals surface area contributed by atoms with E-state index in [4.69, 9.17) is 0 Å². The zero-order valence-electron chi connectivity index (χ0n) is 5.07. The first-order valence-corrected chi connectivity index (χ1v) is 4.20. The van der Waals surface area contributed by atoms with E-state index >= 15 is 0 Å². The molecule has 2 atom stereocenters. The molecule has 0 N–H and O–H groups in total. The highest BCUT2D eigenvalue weighted by atomic mass is 31.1. The maximum Gasteiger partial charge on any atom is -0.0262 e. The summed E-state index contributed by atoms with van der Waals surface area (Å²) in [5.41, 5.74) is 2.10. The van der Waals surface area contributed by atoms with Crippen molar-refractivity contribution in [1.82, 2.24) is 0 Å². The van der Waals surface area contributed by atoms with Crippen LogP contribution in [0.5, 0.6) is 0 Å². The first-order chi connectivity index (χ1) is 3.29. The van der Waals surface area contributed by atoms with Crippen molar-refractivity contribution >= 4 is 8.58 Å². The average Bonchev–Trinajstić information content (AvgIpc) is 1.87. The largest absolute Gasteiger partial charge is 0.116 e. The first kappa shape index (κ1) is 5.56. The lowest BCUT2D eigenvalue weighted by molar-refractivity contribution is 0.777. The van der Waals surface area contributed by atoms with Gasteiger partial charge in [0.15, 0.2) is 0 Å². The molecule has 1 aliphatic heterocycles. The third-order valence-corrected chi connectivity index (χ3v) is 3.32. The Morgan fingerprint density at radius 3 is 1.71 bits per heavy atom. The van der Waals surface area contributed by atoms with Crippen LogP contribution in [0, 0.1) is 0 Å². The Labute approximate surface area is 47.5 Å². The van der Waals surface area contributed by atoms with Crippen molar-refractivity contribution in [3.8, 4) is 0 Å². The van der Waals surface area contributed by atoms with Gasteiger partial charge in [-0.15, -0.1) is 8.58 Å². The van der Waals surface area contributed by atoms with E-state index in [-0.39, 0.29) is 0 Å². The third kappa shape index (κ3) is 1.42. The molecule has 0 nitrogen and oxygen atoms in total. The lowest BCUT2D eigenvalue weighted by atomic mass is 10.2. The van der Waals surface area contributed by atoms with Gasteiger partial charge in [-0.1, -0.05) is 13.8 Å². The molecule has 0 amide bonds. The Morgan fingerprint density at radius 1 is 1.14 bits per heavy atom. The minimum Gasteiger partial charge on any atom is -0.116 e. The first-order valence-electron chi connectivity index (χ1n) is 3.05. The van der Waals surface area contributed by atoms with Crippen LogP contribution in [-0.4, -0.2) is 11.3 Å². The van der Waals surface area contributed by atoms with Crippen molar-refractivity contribution in [2.24, 2.45) is 0 Å². The number of hydrogen-bond acceptors (Lipinski definition) is 0. The Hall–Kier alpha value is 0.430. The van der Waals surface area contributed by atoms with E-state index in [1.807, 2.05) is 0 Å². The molecule has 1 rings (SSSR count). The molecule has 0 radical (unpaired) electrons. The van der Waals surface area contributed by atoms with E-state index in [0.29, 0.717) is 0 Å². The second-order valence-electron chi connectivity index (χ2n) is 2.55. The monoisotopic (exact) mass is 116 g/mol. The van der Waals surface area contributed by atoms with Gasteiger partial charge in [0.05, 0.1) is 0 Å². The van der Waals surface area contributed by atoms with Crippen LogP contribution < -0.4 is 0 Å².